The predicted molar refractivity (Wildman–Crippen MR) is 87.6 cm³/mol. The van der Waals surface area contributed by atoms with Crippen molar-refractivity contribution in [2.45, 2.75) is 25.3 Å². The second kappa shape index (κ2) is 6.54. The molecule has 0 saturated carbocycles. The number of aliphatic carboxylic acids is 1. The van der Waals surface area contributed by atoms with Gasteiger partial charge in [-0.25, -0.2) is 9.78 Å². The highest BCUT2D eigenvalue weighted by Crippen LogP contribution is 2.20. The predicted octanol–water partition coefficient (Wildman–Crippen LogP) is 2.71. The third kappa shape index (κ3) is 3.29. The van der Waals surface area contributed by atoms with Crippen molar-refractivity contribution in [1.82, 2.24) is 14.5 Å². The van der Waals surface area contributed by atoms with E-state index in [1.54, 1.807) is 17.1 Å². The van der Waals surface area contributed by atoms with Crippen LogP contribution in [0.15, 0.2) is 41.3 Å². The first-order valence-corrected chi connectivity index (χ1v) is 8.19. The second-order valence-corrected chi connectivity index (χ2v) is 6.41. The van der Waals surface area contributed by atoms with Gasteiger partial charge in [0.15, 0.2) is 0 Å². The quantitative estimate of drug-likeness (QED) is 0.891. The molecule has 3 rings (SSSR count). The molecule has 1 atom stereocenters. The van der Waals surface area contributed by atoms with E-state index >= 15 is 0 Å². The summed E-state index contributed by atoms with van der Waals surface area (Å²) < 4.78 is 2.72. The van der Waals surface area contributed by atoms with Crippen molar-refractivity contribution in [3.8, 4) is 5.69 Å². The highest BCUT2D eigenvalue weighted by Gasteiger charge is 2.33. The van der Waals surface area contributed by atoms with Gasteiger partial charge in [-0.15, -0.1) is 0 Å². The average molecular weight is 378 g/mol. The van der Waals surface area contributed by atoms with Crippen molar-refractivity contribution in [3.63, 3.8) is 0 Å². The van der Waals surface area contributed by atoms with E-state index in [0.29, 0.717) is 13.0 Å². The Morgan fingerprint density at radius 1 is 1.22 bits per heavy atom. The van der Waals surface area contributed by atoms with E-state index in [-0.39, 0.29) is 11.6 Å². The van der Waals surface area contributed by atoms with Crippen LogP contribution in [0.3, 0.4) is 0 Å². The zero-order chi connectivity index (χ0) is 16.4. The fraction of sp³-hybridized carbons (Fsp3) is 0.312. The van der Waals surface area contributed by atoms with E-state index < -0.39 is 12.0 Å². The van der Waals surface area contributed by atoms with Crippen LogP contribution in [0, 0.1) is 0 Å². The molecule has 1 aromatic carbocycles. The Labute approximate surface area is 141 Å². The first kappa shape index (κ1) is 15.7. The number of carboxylic acid groups (broad SMARTS) is 1. The van der Waals surface area contributed by atoms with Crippen LogP contribution in [-0.2, 0) is 4.79 Å². The van der Waals surface area contributed by atoms with Gasteiger partial charge in [-0.3, -0.25) is 4.79 Å². The minimum atomic E-state index is -0.953. The lowest BCUT2D eigenvalue weighted by Crippen LogP contribution is -2.48. The first-order chi connectivity index (χ1) is 11.1. The van der Waals surface area contributed by atoms with Gasteiger partial charge >= 0.3 is 5.97 Å². The Morgan fingerprint density at radius 2 is 1.96 bits per heavy atom. The molecule has 2 heterocycles. The van der Waals surface area contributed by atoms with Gasteiger partial charge in [-0.1, -0.05) is 15.9 Å². The number of nitrogens with zero attached hydrogens (tertiary/aromatic N) is 3. The minimum absolute atomic E-state index is 0.265. The molecule has 1 aliphatic heterocycles. The number of hydrogen-bond acceptors (Lipinski definition) is 3. The molecule has 1 fully saturated rings. The normalized spacial score (nSPS) is 18.0. The largest absolute Gasteiger partial charge is 0.480 e. The lowest BCUT2D eigenvalue weighted by molar-refractivity contribution is -0.143. The molecule has 1 aromatic heterocycles. The molecular formula is C16H16BrN3O3. The van der Waals surface area contributed by atoms with Gasteiger partial charge in [0.05, 0.1) is 0 Å². The van der Waals surface area contributed by atoms with Crippen molar-refractivity contribution in [3.05, 3.63) is 47.0 Å². The summed E-state index contributed by atoms with van der Waals surface area (Å²) in [5.41, 5.74) is 1.15. The lowest BCUT2D eigenvalue weighted by Gasteiger charge is -2.32. The molecule has 2 aromatic rings. The molecule has 0 unspecified atom stereocenters. The summed E-state index contributed by atoms with van der Waals surface area (Å²) in [7, 11) is 0. The first-order valence-electron chi connectivity index (χ1n) is 7.40. The van der Waals surface area contributed by atoms with Crippen molar-refractivity contribution < 1.29 is 14.7 Å². The monoisotopic (exact) mass is 377 g/mol. The molecule has 1 saturated heterocycles. The number of hydrogen-bond donors (Lipinski definition) is 1. The van der Waals surface area contributed by atoms with Gasteiger partial charge in [0.2, 0.25) is 0 Å². The van der Waals surface area contributed by atoms with Crippen LogP contribution < -0.4 is 0 Å². The molecule has 1 N–H and O–H groups in total. The maximum absolute atomic E-state index is 12.6. The Hall–Kier alpha value is -2.15. The fourth-order valence-corrected chi connectivity index (χ4v) is 3.03. The maximum Gasteiger partial charge on any atom is 0.326 e. The standard InChI is InChI=1S/C16H16BrN3O3/c17-11-4-6-12(7-5-11)19-9-13(18-10-19)15(21)20-8-2-1-3-14(20)16(22)23/h4-7,9-10,14H,1-3,8H2,(H,22,23)/t14-/m0/s1. The minimum Gasteiger partial charge on any atom is -0.480 e. The van der Waals surface area contributed by atoms with Gasteiger partial charge in [-0.2, -0.15) is 0 Å². The van der Waals surface area contributed by atoms with Gasteiger partial charge in [0.1, 0.15) is 18.1 Å². The molecule has 6 nitrogen and oxygen atoms in total. The molecule has 7 heteroatoms. The zero-order valence-corrected chi connectivity index (χ0v) is 13.9. The van der Waals surface area contributed by atoms with Crippen molar-refractivity contribution in [2.24, 2.45) is 0 Å². The molecule has 120 valence electrons. The number of rotatable bonds is 3. The number of halogens is 1. The smallest absolute Gasteiger partial charge is 0.326 e. The number of amides is 1. The van der Waals surface area contributed by atoms with Gasteiger partial charge in [0, 0.05) is 22.9 Å². The van der Waals surface area contributed by atoms with E-state index in [4.69, 9.17) is 0 Å². The Kier molecular flexibility index (Phi) is 4.47. The summed E-state index contributed by atoms with van der Waals surface area (Å²) in [5.74, 6) is -1.28. The molecule has 0 aliphatic carbocycles. The highest BCUT2D eigenvalue weighted by molar-refractivity contribution is 9.10. The third-order valence-corrected chi connectivity index (χ3v) is 4.50. The van der Waals surface area contributed by atoms with Crippen LogP contribution in [0.4, 0.5) is 0 Å². The number of likely N-dealkylation sites (tertiary alicyclic amines) is 1. The van der Waals surface area contributed by atoms with E-state index in [9.17, 15) is 14.7 Å². The number of imidazole rings is 1. The Morgan fingerprint density at radius 3 is 2.65 bits per heavy atom. The number of aromatic nitrogens is 2. The zero-order valence-electron chi connectivity index (χ0n) is 12.4. The van der Waals surface area contributed by atoms with E-state index in [0.717, 1.165) is 23.0 Å². The van der Waals surface area contributed by atoms with Gasteiger partial charge in [0.25, 0.3) is 5.91 Å². The van der Waals surface area contributed by atoms with Crippen molar-refractivity contribution in [2.75, 3.05) is 6.54 Å². The van der Waals surface area contributed by atoms with E-state index in [2.05, 4.69) is 20.9 Å². The molecule has 23 heavy (non-hydrogen) atoms. The summed E-state index contributed by atoms with van der Waals surface area (Å²) in [4.78, 5) is 29.5. The highest BCUT2D eigenvalue weighted by atomic mass is 79.9. The molecule has 0 bridgehead atoms. The van der Waals surface area contributed by atoms with Crippen LogP contribution in [0.1, 0.15) is 29.8 Å². The number of piperidine rings is 1. The SMILES string of the molecule is O=C(O)[C@@H]1CCCCN1C(=O)c1cn(-c2ccc(Br)cc2)cn1. The third-order valence-electron chi connectivity index (χ3n) is 3.98. The van der Waals surface area contributed by atoms with Crippen molar-refractivity contribution in [1.29, 1.82) is 0 Å². The summed E-state index contributed by atoms with van der Waals surface area (Å²) in [6.45, 7) is 0.459. The van der Waals surface area contributed by atoms with Gasteiger partial charge < -0.3 is 14.6 Å². The maximum atomic E-state index is 12.6. The van der Waals surface area contributed by atoms with Crippen molar-refractivity contribution >= 4 is 27.8 Å². The molecule has 0 radical (unpaired) electrons. The summed E-state index contributed by atoms with van der Waals surface area (Å²) in [6.07, 6.45) is 5.35. The van der Waals surface area contributed by atoms with Crippen LogP contribution in [-0.4, -0.2) is 44.0 Å². The Bertz CT molecular complexity index is 726. The topological polar surface area (TPSA) is 75.4 Å². The van der Waals surface area contributed by atoms with E-state index in [1.165, 1.54) is 4.90 Å². The average Bonchev–Trinajstić information content (AvgIpc) is 3.04. The number of carboxylic acids is 1. The molecule has 1 aliphatic rings. The summed E-state index contributed by atoms with van der Waals surface area (Å²) in [5, 5.41) is 9.29. The van der Waals surface area contributed by atoms with Crippen LogP contribution in [0.2, 0.25) is 0 Å². The number of carbonyl (C=O) groups is 2. The summed E-state index contributed by atoms with van der Waals surface area (Å²) >= 11 is 3.38. The summed E-state index contributed by atoms with van der Waals surface area (Å²) in [6, 6.07) is 6.86. The fourth-order valence-electron chi connectivity index (χ4n) is 2.77. The Balaban J connectivity index is 1.83. The van der Waals surface area contributed by atoms with Crippen LogP contribution in [0.5, 0.6) is 0 Å². The molecular weight excluding hydrogens is 362 g/mol. The second-order valence-electron chi connectivity index (χ2n) is 5.49. The molecule has 1 amide bonds. The molecule has 0 spiro atoms. The van der Waals surface area contributed by atoms with Gasteiger partial charge in [-0.05, 0) is 43.5 Å². The van der Waals surface area contributed by atoms with Crippen LogP contribution in [0.25, 0.3) is 5.69 Å². The number of carbonyl (C=O) groups excluding carboxylic acids is 1. The number of benzene rings is 1. The van der Waals surface area contributed by atoms with Crippen LogP contribution >= 0.6 is 15.9 Å². The lowest BCUT2D eigenvalue weighted by atomic mass is 10.0. The van der Waals surface area contributed by atoms with E-state index in [1.807, 2.05) is 24.3 Å².